The number of carbonyl (C=O) groups excluding carboxylic acids is 1. The van der Waals surface area contributed by atoms with Crippen molar-refractivity contribution < 1.29 is 9.53 Å². The number of ether oxygens (including phenoxy) is 1. The largest absolute Gasteiger partial charge is 0.465 e. The van der Waals surface area contributed by atoms with Gasteiger partial charge < -0.3 is 4.74 Å². The Morgan fingerprint density at radius 1 is 0.710 bits per heavy atom. The molecule has 0 aromatic rings. The topological polar surface area (TPSA) is 26.3 Å². The predicted octanol–water partition coefficient (Wildman–Crippen LogP) is 7.53. The molecule has 0 N–H and O–H groups in total. The first-order valence-electron chi connectivity index (χ1n) is 13.7. The fraction of sp³-hybridized carbons (Fsp3) is 0.964. The van der Waals surface area contributed by atoms with Crippen LogP contribution in [0.1, 0.15) is 103 Å². The van der Waals surface area contributed by atoms with Gasteiger partial charge in [-0.3, -0.25) is 4.79 Å². The van der Waals surface area contributed by atoms with Gasteiger partial charge in [0.05, 0.1) is 12.5 Å². The van der Waals surface area contributed by atoms with E-state index in [0.717, 1.165) is 60.1 Å². The Bertz CT molecular complexity index is 614. The Hall–Kier alpha value is -0.0500. The molecule has 0 radical (unpaired) electrons. The van der Waals surface area contributed by atoms with Crippen molar-refractivity contribution in [3.63, 3.8) is 0 Å². The molecule has 8 aliphatic carbocycles. The van der Waals surface area contributed by atoms with Gasteiger partial charge >= 0.3 is 5.97 Å². The van der Waals surface area contributed by atoms with E-state index >= 15 is 0 Å². The average molecular weight is 492 g/mol. The highest BCUT2D eigenvalue weighted by atomic mass is 79.9. The van der Waals surface area contributed by atoms with Crippen LogP contribution in [0.4, 0.5) is 0 Å². The predicted molar refractivity (Wildman–Crippen MR) is 128 cm³/mol. The Morgan fingerprint density at radius 2 is 1.13 bits per heavy atom. The lowest BCUT2D eigenvalue weighted by Crippen LogP contribution is -2.46. The summed E-state index contributed by atoms with van der Waals surface area (Å²) in [5.41, 5.74) is 1.11. The van der Waals surface area contributed by atoms with E-state index in [1.165, 1.54) is 83.5 Å². The van der Waals surface area contributed by atoms with E-state index in [1.54, 1.807) is 0 Å². The summed E-state index contributed by atoms with van der Waals surface area (Å²) in [5, 5.41) is 0.919. The molecule has 0 spiro atoms. The zero-order valence-corrected chi connectivity index (χ0v) is 21.0. The summed E-state index contributed by atoms with van der Waals surface area (Å²) in [6.45, 7) is 0.682. The van der Waals surface area contributed by atoms with E-state index in [1.807, 2.05) is 0 Å². The van der Waals surface area contributed by atoms with Crippen molar-refractivity contribution in [1.82, 2.24) is 0 Å². The number of halogens is 1. The minimum atomic E-state index is 0.115. The minimum absolute atomic E-state index is 0.115. The number of esters is 1. The highest BCUT2D eigenvalue weighted by Gasteiger charge is 2.52. The summed E-state index contributed by atoms with van der Waals surface area (Å²) in [6.07, 6.45) is 22.1. The Morgan fingerprint density at radius 3 is 1.55 bits per heavy atom. The van der Waals surface area contributed by atoms with Gasteiger partial charge in [-0.15, -0.1) is 0 Å². The lowest BCUT2D eigenvalue weighted by Gasteiger charge is -2.57. The highest BCUT2D eigenvalue weighted by Crippen LogP contribution is 2.62. The van der Waals surface area contributed by atoms with E-state index in [-0.39, 0.29) is 11.9 Å². The van der Waals surface area contributed by atoms with Crippen LogP contribution < -0.4 is 0 Å². The van der Waals surface area contributed by atoms with Gasteiger partial charge in [0, 0.05) is 5.33 Å². The van der Waals surface area contributed by atoms with E-state index in [0.29, 0.717) is 17.4 Å². The Labute approximate surface area is 198 Å². The third-order valence-electron chi connectivity index (χ3n) is 11.0. The van der Waals surface area contributed by atoms with Crippen molar-refractivity contribution in [2.75, 3.05) is 11.9 Å². The molecule has 1 unspecified atom stereocenters. The van der Waals surface area contributed by atoms with Crippen molar-refractivity contribution in [3.8, 4) is 0 Å². The van der Waals surface area contributed by atoms with Crippen molar-refractivity contribution in [2.24, 2.45) is 52.3 Å². The molecule has 8 aliphatic rings. The highest BCUT2D eigenvalue weighted by molar-refractivity contribution is 9.09. The van der Waals surface area contributed by atoms with Crippen molar-refractivity contribution in [1.29, 1.82) is 0 Å². The van der Waals surface area contributed by atoms with E-state index in [4.69, 9.17) is 4.74 Å². The maximum Gasteiger partial charge on any atom is 0.308 e. The summed E-state index contributed by atoms with van der Waals surface area (Å²) >= 11 is 3.62. The van der Waals surface area contributed by atoms with Crippen LogP contribution in [0.3, 0.4) is 0 Å². The van der Waals surface area contributed by atoms with E-state index in [9.17, 15) is 4.79 Å². The molecule has 0 amide bonds. The van der Waals surface area contributed by atoms with Gasteiger partial charge in [0.1, 0.15) is 0 Å². The summed E-state index contributed by atoms with van der Waals surface area (Å²) in [5.74, 6) is 6.22. The van der Waals surface area contributed by atoms with Crippen LogP contribution in [0.2, 0.25) is 0 Å². The Balaban J connectivity index is 1.01. The van der Waals surface area contributed by atoms with Gasteiger partial charge in [0.2, 0.25) is 0 Å². The van der Waals surface area contributed by atoms with Crippen LogP contribution in [-0.4, -0.2) is 17.9 Å². The molecule has 8 bridgehead atoms. The summed E-state index contributed by atoms with van der Waals surface area (Å²) in [4.78, 5) is 13.1. The molecule has 8 saturated carbocycles. The molecule has 0 saturated heterocycles. The molecular formula is C28H43BrO2. The smallest absolute Gasteiger partial charge is 0.308 e. The maximum absolute atomic E-state index is 13.1. The molecule has 8 rings (SSSR count). The first kappa shape index (κ1) is 21.5. The zero-order chi connectivity index (χ0) is 21.1. The molecule has 0 heterocycles. The Kier molecular flexibility index (Phi) is 5.76. The van der Waals surface area contributed by atoms with Crippen molar-refractivity contribution in [2.45, 2.75) is 103 Å². The van der Waals surface area contributed by atoms with Gasteiger partial charge in [-0.1, -0.05) is 15.9 Å². The van der Waals surface area contributed by atoms with Gasteiger partial charge in [0.15, 0.2) is 0 Å². The monoisotopic (exact) mass is 490 g/mol. The molecule has 0 aliphatic heterocycles. The second-order valence-electron chi connectivity index (χ2n) is 13.5. The molecule has 2 nitrogen and oxygen atoms in total. The lowest BCUT2D eigenvalue weighted by molar-refractivity contribution is -0.152. The standard InChI is InChI=1S/C28H43BrO2/c29-5-2-25(1-3-27-13-19-7-20(14-27)9-21(8-19)15-27)26(30)31-6-4-28-16-22-10-23(17-28)12-24(11-22)18-28/h19-25H,1-18H2. The van der Waals surface area contributed by atoms with Gasteiger partial charge in [-0.05, 0) is 149 Å². The average Bonchev–Trinajstić information content (AvgIpc) is 2.69. The van der Waals surface area contributed by atoms with Crippen molar-refractivity contribution >= 4 is 21.9 Å². The molecular weight excluding hydrogens is 448 g/mol. The zero-order valence-electron chi connectivity index (χ0n) is 19.5. The fourth-order valence-corrected chi connectivity index (χ4v) is 11.2. The van der Waals surface area contributed by atoms with Crippen LogP contribution in [0, 0.1) is 52.3 Å². The normalized spacial score (nSPS) is 47.6. The second-order valence-corrected chi connectivity index (χ2v) is 14.3. The van der Waals surface area contributed by atoms with Crippen LogP contribution in [0.15, 0.2) is 0 Å². The summed E-state index contributed by atoms with van der Waals surface area (Å²) in [6, 6.07) is 0. The maximum atomic E-state index is 13.1. The van der Waals surface area contributed by atoms with Gasteiger partial charge in [-0.2, -0.15) is 0 Å². The first-order valence-corrected chi connectivity index (χ1v) is 14.9. The van der Waals surface area contributed by atoms with E-state index < -0.39 is 0 Å². The minimum Gasteiger partial charge on any atom is -0.465 e. The number of alkyl halides is 1. The van der Waals surface area contributed by atoms with Gasteiger partial charge in [-0.25, -0.2) is 0 Å². The first-order chi connectivity index (χ1) is 15.0. The van der Waals surface area contributed by atoms with Crippen molar-refractivity contribution in [3.05, 3.63) is 0 Å². The van der Waals surface area contributed by atoms with Crippen LogP contribution in [0.5, 0.6) is 0 Å². The number of hydrogen-bond acceptors (Lipinski definition) is 2. The van der Waals surface area contributed by atoms with Crippen LogP contribution >= 0.6 is 15.9 Å². The third kappa shape index (κ3) is 4.28. The van der Waals surface area contributed by atoms with Crippen LogP contribution in [0.25, 0.3) is 0 Å². The van der Waals surface area contributed by atoms with Gasteiger partial charge in [0.25, 0.3) is 0 Å². The van der Waals surface area contributed by atoms with E-state index in [2.05, 4.69) is 15.9 Å². The number of hydrogen-bond donors (Lipinski definition) is 0. The second kappa shape index (κ2) is 8.31. The molecule has 8 fully saturated rings. The lowest BCUT2D eigenvalue weighted by atomic mass is 9.48. The molecule has 3 heteroatoms. The molecule has 1 atom stereocenters. The molecule has 31 heavy (non-hydrogen) atoms. The number of rotatable bonds is 9. The summed E-state index contributed by atoms with van der Waals surface area (Å²) in [7, 11) is 0. The molecule has 0 aromatic carbocycles. The number of carbonyl (C=O) groups is 1. The quantitative estimate of drug-likeness (QED) is 0.246. The fourth-order valence-electron chi connectivity index (χ4n) is 10.7. The third-order valence-corrected chi connectivity index (χ3v) is 11.5. The summed E-state index contributed by atoms with van der Waals surface area (Å²) < 4.78 is 6.01. The SMILES string of the molecule is O=C(OCCC12CC3CC(CC(C3)C1)C2)C(CCBr)CCC12CC3CC(CC(C3)C1)C2. The van der Waals surface area contributed by atoms with Crippen LogP contribution in [-0.2, 0) is 9.53 Å². The molecule has 174 valence electrons. The molecule has 0 aromatic heterocycles.